The molecule has 0 unspecified atom stereocenters. The molecule has 0 aromatic heterocycles. The second-order valence-corrected chi connectivity index (χ2v) is 6.98. The second-order valence-electron chi connectivity index (χ2n) is 6.98. The summed E-state index contributed by atoms with van der Waals surface area (Å²) in [4.78, 5) is 25.8. The molecule has 150 valence electrons. The van der Waals surface area contributed by atoms with Gasteiger partial charge in [-0.05, 0) is 61.2 Å². The van der Waals surface area contributed by atoms with Crippen LogP contribution < -0.4 is 15.0 Å². The van der Waals surface area contributed by atoms with Gasteiger partial charge in [-0.1, -0.05) is 24.0 Å². The highest BCUT2D eigenvalue weighted by molar-refractivity contribution is 5.94. The number of carbonyl (C=O) groups is 2. The Labute approximate surface area is 172 Å². The van der Waals surface area contributed by atoms with Crippen LogP contribution in [0.3, 0.4) is 0 Å². The van der Waals surface area contributed by atoms with E-state index in [4.69, 9.17) is 4.74 Å². The highest BCUT2D eigenvalue weighted by Crippen LogP contribution is 2.21. The van der Waals surface area contributed by atoms with E-state index < -0.39 is 0 Å². The molecule has 0 atom stereocenters. The lowest BCUT2D eigenvalue weighted by Crippen LogP contribution is -2.35. The van der Waals surface area contributed by atoms with Crippen LogP contribution in [0.15, 0.2) is 48.5 Å². The van der Waals surface area contributed by atoms with Gasteiger partial charge in [0.05, 0.1) is 13.7 Å². The van der Waals surface area contributed by atoms with E-state index in [1.165, 1.54) is 0 Å². The van der Waals surface area contributed by atoms with Gasteiger partial charge in [0, 0.05) is 30.6 Å². The number of ether oxygens (including phenoxy) is 1. The third kappa shape index (κ3) is 6.11. The quantitative estimate of drug-likeness (QED) is 0.770. The second kappa shape index (κ2) is 10.3. The summed E-state index contributed by atoms with van der Waals surface area (Å²) < 4.78 is 5.13. The van der Waals surface area contributed by atoms with Gasteiger partial charge >= 0.3 is 0 Å². The Morgan fingerprint density at radius 1 is 1.10 bits per heavy atom. The zero-order chi connectivity index (χ0) is 20.5. The van der Waals surface area contributed by atoms with Crippen molar-refractivity contribution in [1.82, 2.24) is 5.32 Å². The number of methoxy groups -OCH3 is 1. The molecule has 5 nitrogen and oxygen atoms in total. The lowest BCUT2D eigenvalue weighted by molar-refractivity contribution is -0.121. The fourth-order valence-corrected chi connectivity index (χ4v) is 3.23. The van der Waals surface area contributed by atoms with E-state index in [-0.39, 0.29) is 11.8 Å². The molecule has 1 fully saturated rings. The van der Waals surface area contributed by atoms with E-state index in [2.05, 4.69) is 17.2 Å². The first kappa shape index (κ1) is 20.5. The van der Waals surface area contributed by atoms with Crippen LogP contribution in [-0.4, -0.2) is 32.0 Å². The number of nitrogens with zero attached hydrogens (tertiary/aromatic N) is 1. The molecule has 1 aliphatic rings. The summed E-state index contributed by atoms with van der Waals surface area (Å²) in [6.07, 6.45) is 3.75. The minimum atomic E-state index is -0.0194. The van der Waals surface area contributed by atoms with E-state index in [0.717, 1.165) is 42.0 Å². The Morgan fingerprint density at radius 3 is 2.55 bits per heavy atom. The molecule has 0 bridgehead atoms. The molecular formula is C24H26N2O3. The van der Waals surface area contributed by atoms with Gasteiger partial charge in [-0.25, -0.2) is 0 Å². The molecule has 0 aliphatic carbocycles. The topological polar surface area (TPSA) is 58.6 Å². The zero-order valence-electron chi connectivity index (χ0n) is 16.7. The predicted octanol–water partition coefficient (Wildman–Crippen LogP) is 3.31. The van der Waals surface area contributed by atoms with Crippen molar-refractivity contribution >= 4 is 17.5 Å². The van der Waals surface area contributed by atoms with Crippen LogP contribution in [0.25, 0.3) is 0 Å². The van der Waals surface area contributed by atoms with Crippen LogP contribution in [0.4, 0.5) is 5.69 Å². The molecule has 29 heavy (non-hydrogen) atoms. The lowest BCUT2D eigenvalue weighted by Gasteiger charge is -2.26. The summed E-state index contributed by atoms with van der Waals surface area (Å²) in [5.41, 5.74) is 2.89. The minimum Gasteiger partial charge on any atom is -0.497 e. The molecule has 0 spiro atoms. The van der Waals surface area contributed by atoms with Crippen LogP contribution in [0, 0.1) is 11.8 Å². The van der Waals surface area contributed by atoms with E-state index in [1.807, 2.05) is 53.4 Å². The Kier molecular flexibility index (Phi) is 7.29. The van der Waals surface area contributed by atoms with Gasteiger partial charge in [-0.2, -0.15) is 0 Å². The molecule has 1 aliphatic heterocycles. The molecule has 1 heterocycles. The third-order valence-electron chi connectivity index (χ3n) is 4.91. The number of anilines is 1. The van der Waals surface area contributed by atoms with Gasteiger partial charge in [0.15, 0.2) is 0 Å². The highest BCUT2D eigenvalue weighted by atomic mass is 16.5. The maximum atomic E-state index is 12.0. The first-order valence-electron chi connectivity index (χ1n) is 9.94. The summed E-state index contributed by atoms with van der Waals surface area (Å²) in [7, 11) is 1.63. The highest BCUT2D eigenvalue weighted by Gasteiger charge is 2.19. The van der Waals surface area contributed by atoms with Gasteiger partial charge in [-0.15, -0.1) is 0 Å². The number of nitrogens with one attached hydrogen (secondary N) is 1. The van der Waals surface area contributed by atoms with E-state index in [9.17, 15) is 9.59 Å². The Morgan fingerprint density at radius 2 is 1.86 bits per heavy atom. The SMILES string of the molecule is COc1ccc(CCC(=O)NCC#Cc2ccc(N3CCCCC3=O)cc2)cc1. The molecule has 1 saturated heterocycles. The summed E-state index contributed by atoms with van der Waals surface area (Å²) in [6.45, 7) is 1.10. The number of benzene rings is 2. The first-order valence-corrected chi connectivity index (χ1v) is 9.94. The number of aryl methyl sites for hydroxylation is 1. The minimum absolute atomic E-state index is 0.0194. The summed E-state index contributed by atoms with van der Waals surface area (Å²) in [6, 6.07) is 15.4. The van der Waals surface area contributed by atoms with Crippen molar-refractivity contribution in [3.8, 4) is 17.6 Å². The van der Waals surface area contributed by atoms with Crippen molar-refractivity contribution in [3.05, 3.63) is 59.7 Å². The summed E-state index contributed by atoms with van der Waals surface area (Å²) in [5, 5.41) is 2.82. The molecule has 5 heteroatoms. The van der Waals surface area contributed by atoms with Crippen LogP contribution in [-0.2, 0) is 16.0 Å². The lowest BCUT2D eigenvalue weighted by atomic mass is 10.1. The first-order chi connectivity index (χ1) is 14.2. The van der Waals surface area contributed by atoms with Crippen molar-refractivity contribution in [2.24, 2.45) is 0 Å². The molecule has 2 aromatic rings. The van der Waals surface area contributed by atoms with Crippen LogP contribution in [0.1, 0.15) is 36.8 Å². The standard InChI is InChI=1S/C24H26N2O3/c1-29-22-14-9-20(10-15-22)11-16-23(27)25-17-4-5-19-7-12-21(13-8-19)26-18-3-2-6-24(26)28/h7-10,12-15H,2-3,6,11,16-18H2,1H3,(H,25,27). The summed E-state index contributed by atoms with van der Waals surface area (Å²) >= 11 is 0. The number of amides is 2. The number of piperidine rings is 1. The molecule has 0 saturated carbocycles. The van der Waals surface area contributed by atoms with Crippen molar-refractivity contribution in [3.63, 3.8) is 0 Å². The number of hydrogen-bond donors (Lipinski definition) is 1. The average Bonchev–Trinajstić information content (AvgIpc) is 2.76. The fraction of sp³-hybridized carbons (Fsp3) is 0.333. The van der Waals surface area contributed by atoms with E-state index >= 15 is 0 Å². The molecule has 1 N–H and O–H groups in total. The van der Waals surface area contributed by atoms with Crippen LogP contribution >= 0.6 is 0 Å². The Balaban J connectivity index is 1.42. The molecule has 0 radical (unpaired) electrons. The molecule has 3 rings (SSSR count). The average molecular weight is 390 g/mol. The maximum Gasteiger partial charge on any atom is 0.226 e. The van der Waals surface area contributed by atoms with E-state index in [0.29, 0.717) is 25.8 Å². The third-order valence-corrected chi connectivity index (χ3v) is 4.91. The normalized spacial score (nSPS) is 13.4. The van der Waals surface area contributed by atoms with Crippen molar-refractivity contribution in [2.75, 3.05) is 25.1 Å². The summed E-state index contributed by atoms with van der Waals surface area (Å²) in [5.74, 6) is 7.00. The predicted molar refractivity (Wildman–Crippen MR) is 114 cm³/mol. The Bertz CT molecular complexity index is 892. The van der Waals surface area contributed by atoms with Gasteiger partial charge < -0.3 is 15.0 Å². The number of carbonyl (C=O) groups excluding carboxylic acids is 2. The smallest absolute Gasteiger partial charge is 0.226 e. The van der Waals surface area contributed by atoms with Crippen molar-refractivity contribution in [1.29, 1.82) is 0 Å². The Hall–Kier alpha value is -3.26. The van der Waals surface area contributed by atoms with Gasteiger partial charge in [0.25, 0.3) is 0 Å². The van der Waals surface area contributed by atoms with Gasteiger partial charge in [-0.3, -0.25) is 9.59 Å². The van der Waals surface area contributed by atoms with Crippen molar-refractivity contribution < 1.29 is 14.3 Å². The van der Waals surface area contributed by atoms with Gasteiger partial charge in [0.2, 0.25) is 11.8 Å². The molecule has 2 amide bonds. The monoisotopic (exact) mass is 390 g/mol. The van der Waals surface area contributed by atoms with Gasteiger partial charge in [0.1, 0.15) is 5.75 Å². The maximum absolute atomic E-state index is 12.0. The van der Waals surface area contributed by atoms with Crippen molar-refractivity contribution in [2.45, 2.75) is 32.1 Å². The van der Waals surface area contributed by atoms with Crippen LogP contribution in [0.2, 0.25) is 0 Å². The molecule has 2 aromatic carbocycles. The number of hydrogen-bond acceptors (Lipinski definition) is 3. The molecular weight excluding hydrogens is 364 g/mol. The van der Waals surface area contributed by atoms with Crippen LogP contribution in [0.5, 0.6) is 5.75 Å². The van der Waals surface area contributed by atoms with E-state index in [1.54, 1.807) is 7.11 Å². The number of rotatable bonds is 6. The fourth-order valence-electron chi connectivity index (χ4n) is 3.23. The zero-order valence-corrected chi connectivity index (χ0v) is 16.7. The largest absolute Gasteiger partial charge is 0.497 e.